The van der Waals surface area contributed by atoms with Gasteiger partial charge in [0.05, 0.1) is 7.11 Å². The highest BCUT2D eigenvalue weighted by Gasteiger charge is 2.31. The van der Waals surface area contributed by atoms with E-state index in [2.05, 4.69) is 28.5 Å². The second-order valence-corrected chi connectivity index (χ2v) is 3.94. The first-order valence-electron chi connectivity index (χ1n) is 6.80. The number of aromatic nitrogens is 1. The average Bonchev–Trinajstić information content (AvgIpc) is 3.07. The van der Waals surface area contributed by atoms with Crippen molar-refractivity contribution in [2.75, 3.05) is 7.11 Å². The van der Waals surface area contributed by atoms with Crippen LogP contribution in [0.2, 0.25) is 0 Å². The molecule has 0 aliphatic heterocycles. The zero-order valence-electron chi connectivity index (χ0n) is 13.2. The number of carbonyl (C=O) groups is 1. The highest BCUT2D eigenvalue weighted by molar-refractivity contribution is 6.14. The first kappa shape index (κ1) is 17.3. The van der Waals surface area contributed by atoms with Crippen molar-refractivity contribution in [1.82, 2.24) is 5.16 Å². The molecule has 116 valence electrons. The molecule has 0 unspecified atom stereocenters. The third-order valence-corrected chi connectivity index (χ3v) is 2.69. The molecule has 0 saturated carbocycles. The van der Waals surface area contributed by atoms with Gasteiger partial charge in [0.15, 0.2) is 11.5 Å². The van der Waals surface area contributed by atoms with Crippen LogP contribution in [0.15, 0.2) is 68.7 Å². The fraction of sp³-hybridized carbons (Fsp3) is 0.250. The SMILES string of the molecule is C=CC1=C(C=C)C(OC)=C(N=Nc2cc(C)on2)C1=O.CC. The van der Waals surface area contributed by atoms with Crippen LogP contribution in [0.1, 0.15) is 19.6 Å². The summed E-state index contributed by atoms with van der Waals surface area (Å²) in [7, 11) is 1.45. The van der Waals surface area contributed by atoms with Crippen molar-refractivity contribution in [3.63, 3.8) is 0 Å². The first-order valence-corrected chi connectivity index (χ1v) is 6.80. The van der Waals surface area contributed by atoms with Crippen LogP contribution in [0.3, 0.4) is 0 Å². The predicted molar refractivity (Wildman–Crippen MR) is 83.6 cm³/mol. The topological polar surface area (TPSA) is 77.1 Å². The van der Waals surface area contributed by atoms with Crippen LogP contribution in [0, 0.1) is 6.92 Å². The summed E-state index contributed by atoms with van der Waals surface area (Å²) < 4.78 is 10.1. The number of hydrogen-bond donors (Lipinski definition) is 0. The van der Waals surface area contributed by atoms with Gasteiger partial charge in [-0.25, -0.2) is 0 Å². The van der Waals surface area contributed by atoms with Crippen LogP contribution < -0.4 is 0 Å². The van der Waals surface area contributed by atoms with E-state index in [1.54, 1.807) is 13.0 Å². The largest absolute Gasteiger partial charge is 0.494 e. The molecule has 1 aliphatic carbocycles. The lowest BCUT2D eigenvalue weighted by Gasteiger charge is -2.02. The summed E-state index contributed by atoms with van der Waals surface area (Å²) in [6, 6.07) is 1.60. The molecule has 0 fully saturated rings. The number of allylic oxidation sites excluding steroid dienone is 3. The van der Waals surface area contributed by atoms with Crippen molar-refractivity contribution >= 4 is 11.6 Å². The number of nitrogens with zero attached hydrogens (tertiary/aromatic N) is 3. The Labute approximate surface area is 129 Å². The van der Waals surface area contributed by atoms with E-state index >= 15 is 0 Å². The first-order chi connectivity index (χ1) is 10.6. The molecule has 0 aromatic carbocycles. The molecule has 1 aromatic rings. The van der Waals surface area contributed by atoms with Crippen molar-refractivity contribution in [2.24, 2.45) is 10.2 Å². The van der Waals surface area contributed by atoms with Crippen molar-refractivity contribution < 1.29 is 14.1 Å². The van der Waals surface area contributed by atoms with Gasteiger partial charge in [-0.3, -0.25) is 4.79 Å². The summed E-state index contributed by atoms with van der Waals surface area (Å²) in [5.74, 6) is 0.902. The Hall–Kier alpha value is -2.76. The molecule has 0 N–H and O–H groups in total. The molecule has 2 rings (SSSR count). The van der Waals surface area contributed by atoms with Crippen LogP contribution in [-0.2, 0) is 9.53 Å². The lowest BCUT2D eigenvalue weighted by molar-refractivity contribution is -0.111. The molecule has 22 heavy (non-hydrogen) atoms. The van der Waals surface area contributed by atoms with Gasteiger partial charge < -0.3 is 9.26 Å². The molecule has 1 heterocycles. The number of aryl methyl sites for hydroxylation is 1. The van der Waals surface area contributed by atoms with Crippen molar-refractivity contribution in [3.05, 3.63) is 59.7 Å². The van der Waals surface area contributed by atoms with E-state index in [0.717, 1.165) is 0 Å². The summed E-state index contributed by atoms with van der Waals surface area (Å²) in [5, 5.41) is 11.4. The Bertz CT molecular complexity index is 679. The van der Waals surface area contributed by atoms with Crippen LogP contribution in [-0.4, -0.2) is 18.0 Å². The minimum Gasteiger partial charge on any atom is -0.494 e. The van der Waals surface area contributed by atoms with Gasteiger partial charge in [-0.05, 0) is 6.92 Å². The number of azo groups is 1. The zero-order valence-corrected chi connectivity index (χ0v) is 13.2. The lowest BCUT2D eigenvalue weighted by Crippen LogP contribution is -1.98. The molecule has 0 saturated heterocycles. The van der Waals surface area contributed by atoms with E-state index in [1.165, 1.54) is 19.3 Å². The second kappa shape index (κ2) is 7.87. The second-order valence-electron chi connectivity index (χ2n) is 3.94. The van der Waals surface area contributed by atoms with Gasteiger partial charge in [-0.2, -0.15) is 0 Å². The Morgan fingerprint density at radius 2 is 1.86 bits per heavy atom. The molecule has 0 atom stereocenters. The van der Waals surface area contributed by atoms with E-state index in [0.29, 0.717) is 22.7 Å². The maximum absolute atomic E-state index is 12.2. The number of hydrogen-bond acceptors (Lipinski definition) is 6. The molecular formula is C16H19N3O3. The van der Waals surface area contributed by atoms with Crippen LogP contribution in [0.4, 0.5) is 5.82 Å². The predicted octanol–water partition coefficient (Wildman–Crippen LogP) is 4.20. The highest BCUT2D eigenvalue weighted by atomic mass is 16.5. The van der Waals surface area contributed by atoms with Crippen LogP contribution in [0.25, 0.3) is 0 Å². The fourth-order valence-electron chi connectivity index (χ4n) is 1.81. The smallest absolute Gasteiger partial charge is 0.217 e. The Balaban J connectivity index is 0.00000116. The summed E-state index contributed by atoms with van der Waals surface area (Å²) in [4.78, 5) is 12.2. The standard InChI is InChI=1S/C14H13N3O3.C2H6/c1-5-9-10(6-2)14(19-4)12(13(9)18)16-15-11-7-8(3)20-17-11;1-2/h5-7H,1-2H2,3-4H3;1-2H3. The summed E-state index contributed by atoms with van der Waals surface area (Å²) in [6.45, 7) is 13.0. The van der Waals surface area contributed by atoms with Crippen molar-refractivity contribution in [1.29, 1.82) is 0 Å². The maximum Gasteiger partial charge on any atom is 0.217 e. The number of rotatable bonds is 5. The molecule has 0 amide bonds. The van der Waals surface area contributed by atoms with E-state index in [4.69, 9.17) is 9.26 Å². The summed E-state index contributed by atoms with van der Waals surface area (Å²) in [6.07, 6.45) is 2.97. The zero-order chi connectivity index (χ0) is 16.7. The molecule has 0 spiro atoms. The number of ketones is 1. The van der Waals surface area contributed by atoms with Gasteiger partial charge >= 0.3 is 0 Å². The molecule has 6 nitrogen and oxygen atoms in total. The Kier molecular flexibility index (Phi) is 6.19. The molecular weight excluding hydrogens is 282 g/mol. The van der Waals surface area contributed by atoms with Gasteiger partial charge in [0.1, 0.15) is 5.76 Å². The number of ether oxygens (including phenoxy) is 1. The highest BCUT2D eigenvalue weighted by Crippen LogP contribution is 2.32. The fourth-order valence-corrected chi connectivity index (χ4v) is 1.81. The minimum absolute atomic E-state index is 0.0953. The number of methoxy groups -OCH3 is 1. The maximum atomic E-state index is 12.2. The molecule has 1 aromatic heterocycles. The quantitative estimate of drug-likeness (QED) is 0.763. The average molecular weight is 301 g/mol. The summed E-state index contributed by atoms with van der Waals surface area (Å²) >= 11 is 0. The molecule has 0 radical (unpaired) electrons. The Morgan fingerprint density at radius 3 is 2.32 bits per heavy atom. The van der Waals surface area contributed by atoms with E-state index < -0.39 is 0 Å². The normalized spacial score (nSPS) is 14.3. The monoisotopic (exact) mass is 301 g/mol. The number of carbonyl (C=O) groups excluding carboxylic acids is 1. The van der Waals surface area contributed by atoms with Gasteiger partial charge in [0, 0.05) is 17.2 Å². The van der Waals surface area contributed by atoms with Gasteiger partial charge in [-0.1, -0.05) is 44.3 Å². The third-order valence-electron chi connectivity index (χ3n) is 2.69. The lowest BCUT2D eigenvalue weighted by atomic mass is 10.1. The van der Waals surface area contributed by atoms with E-state index in [9.17, 15) is 4.79 Å². The van der Waals surface area contributed by atoms with Crippen molar-refractivity contribution in [2.45, 2.75) is 20.8 Å². The minimum atomic E-state index is -0.310. The molecule has 6 heteroatoms. The summed E-state index contributed by atoms with van der Waals surface area (Å²) in [5.41, 5.74) is 1.04. The van der Waals surface area contributed by atoms with E-state index in [-0.39, 0.29) is 17.3 Å². The van der Waals surface area contributed by atoms with Crippen LogP contribution >= 0.6 is 0 Å². The van der Waals surface area contributed by atoms with Gasteiger partial charge in [-0.15, -0.1) is 10.2 Å². The Morgan fingerprint density at radius 1 is 1.23 bits per heavy atom. The molecule has 1 aliphatic rings. The van der Waals surface area contributed by atoms with Crippen LogP contribution in [0.5, 0.6) is 0 Å². The van der Waals surface area contributed by atoms with Crippen molar-refractivity contribution in [3.8, 4) is 0 Å². The third kappa shape index (κ3) is 3.28. The van der Waals surface area contributed by atoms with Gasteiger partial charge in [0.2, 0.25) is 11.6 Å². The molecule has 0 bridgehead atoms. The van der Waals surface area contributed by atoms with E-state index in [1.807, 2.05) is 13.8 Å². The van der Waals surface area contributed by atoms with Gasteiger partial charge in [0.25, 0.3) is 0 Å². The number of Topliss-reactive ketones (excluding diaryl/α,β-unsaturated/α-hetero) is 1.